The van der Waals surface area contributed by atoms with Crippen LogP contribution in [0.2, 0.25) is 0 Å². The van der Waals surface area contributed by atoms with Crippen LogP contribution in [0.5, 0.6) is 0 Å². The molecule has 0 atom stereocenters. The van der Waals surface area contributed by atoms with Crippen LogP contribution in [0, 0.1) is 5.92 Å². The largest absolute Gasteiger partial charge is 0.381 e. The number of aromatic nitrogens is 1. The van der Waals surface area contributed by atoms with E-state index in [0.29, 0.717) is 12.3 Å². The minimum atomic E-state index is 0.191. The summed E-state index contributed by atoms with van der Waals surface area (Å²) < 4.78 is 7.45. The highest BCUT2D eigenvalue weighted by atomic mass is 16.5. The first-order valence-electron chi connectivity index (χ1n) is 8.76. The fourth-order valence-electron chi connectivity index (χ4n) is 3.14. The van der Waals surface area contributed by atoms with Gasteiger partial charge in [-0.1, -0.05) is 12.1 Å². The van der Waals surface area contributed by atoms with Crippen LogP contribution in [0.25, 0.3) is 5.69 Å². The molecule has 0 N–H and O–H groups in total. The van der Waals surface area contributed by atoms with Crippen molar-refractivity contribution in [3.05, 3.63) is 54.4 Å². The van der Waals surface area contributed by atoms with Crippen molar-refractivity contribution in [3.63, 3.8) is 0 Å². The van der Waals surface area contributed by atoms with Gasteiger partial charge in [0, 0.05) is 44.9 Å². The number of carbonyl (C=O) groups excluding carboxylic acids is 1. The molecular formula is C20H26N2O2. The summed E-state index contributed by atoms with van der Waals surface area (Å²) in [6.07, 6.45) is 7.84. The molecule has 24 heavy (non-hydrogen) atoms. The van der Waals surface area contributed by atoms with E-state index in [1.54, 1.807) is 0 Å². The van der Waals surface area contributed by atoms with Crippen LogP contribution in [0.1, 0.15) is 24.8 Å². The highest BCUT2D eigenvalue weighted by Crippen LogP contribution is 2.18. The maximum Gasteiger partial charge on any atom is 0.226 e. The molecule has 0 unspecified atom stereocenters. The fraction of sp³-hybridized carbons (Fsp3) is 0.450. The second-order valence-electron chi connectivity index (χ2n) is 6.59. The minimum absolute atomic E-state index is 0.191. The molecule has 1 amide bonds. The minimum Gasteiger partial charge on any atom is -0.381 e. The van der Waals surface area contributed by atoms with Gasteiger partial charge in [-0.15, -0.1) is 0 Å². The van der Waals surface area contributed by atoms with Gasteiger partial charge < -0.3 is 14.2 Å². The zero-order valence-corrected chi connectivity index (χ0v) is 14.4. The number of benzene rings is 1. The van der Waals surface area contributed by atoms with Crippen LogP contribution in [0.3, 0.4) is 0 Å². The zero-order chi connectivity index (χ0) is 16.8. The van der Waals surface area contributed by atoms with Crippen molar-refractivity contribution >= 4 is 5.91 Å². The summed E-state index contributed by atoms with van der Waals surface area (Å²) in [5.74, 6) is 0.894. The van der Waals surface area contributed by atoms with Gasteiger partial charge in [0.1, 0.15) is 0 Å². The Morgan fingerprint density at radius 1 is 1.17 bits per heavy atom. The molecule has 0 radical (unpaired) electrons. The Balaban J connectivity index is 1.48. The number of carbonyl (C=O) groups is 1. The molecule has 1 saturated heterocycles. The van der Waals surface area contributed by atoms with Crippen molar-refractivity contribution in [3.8, 4) is 5.69 Å². The normalized spacial score (nSPS) is 15.4. The molecule has 1 aromatic heterocycles. The lowest BCUT2D eigenvalue weighted by atomic mass is 9.96. The predicted octanol–water partition coefficient (Wildman–Crippen LogP) is 3.29. The molecular weight excluding hydrogens is 300 g/mol. The third kappa shape index (κ3) is 4.48. The number of likely N-dealkylation sites (N-methyl/N-ethyl adjacent to an activating group) is 1. The molecule has 0 aliphatic carbocycles. The molecule has 0 saturated carbocycles. The van der Waals surface area contributed by atoms with E-state index >= 15 is 0 Å². The molecule has 1 aliphatic rings. The first kappa shape index (κ1) is 16.8. The van der Waals surface area contributed by atoms with E-state index in [1.807, 2.05) is 48.6 Å². The first-order valence-corrected chi connectivity index (χ1v) is 8.76. The maximum atomic E-state index is 12.4. The van der Waals surface area contributed by atoms with Gasteiger partial charge in [0.2, 0.25) is 5.91 Å². The second kappa shape index (κ2) is 8.15. The molecule has 2 aromatic rings. The Kier molecular flexibility index (Phi) is 5.70. The van der Waals surface area contributed by atoms with Crippen molar-refractivity contribution in [2.45, 2.75) is 25.7 Å². The summed E-state index contributed by atoms with van der Waals surface area (Å²) in [6.45, 7) is 2.58. The van der Waals surface area contributed by atoms with Gasteiger partial charge >= 0.3 is 0 Å². The molecule has 128 valence electrons. The van der Waals surface area contributed by atoms with E-state index in [-0.39, 0.29) is 5.91 Å². The molecule has 1 fully saturated rings. The topological polar surface area (TPSA) is 34.5 Å². The second-order valence-corrected chi connectivity index (χ2v) is 6.59. The predicted molar refractivity (Wildman–Crippen MR) is 95.3 cm³/mol. The lowest BCUT2D eigenvalue weighted by Crippen LogP contribution is -2.31. The lowest BCUT2D eigenvalue weighted by Gasteiger charge is -2.25. The monoisotopic (exact) mass is 326 g/mol. The summed E-state index contributed by atoms with van der Waals surface area (Å²) in [5.41, 5.74) is 2.18. The van der Waals surface area contributed by atoms with Crippen LogP contribution in [0.15, 0.2) is 48.8 Å². The van der Waals surface area contributed by atoms with Crippen LogP contribution < -0.4 is 0 Å². The number of nitrogens with zero attached hydrogens (tertiary/aromatic N) is 2. The van der Waals surface area contributed by atoms with E-state index in [4.69, 9.17) is 4.74 Å². The molecule has 2 heterocycles. The van der Waals surface area contributed by atoms with Crippen molar-refractivity contribution in [1.29, 1.82) is 0 Å². The summed E-state index contributed by atoms with van der Waals surface area (Å²) in [5, 5.41) is 0. The standard InChI is InChI=1S/C20H26N2O2/c1-21(13-8-17-9-14-24-15-10-17)20(23)16-18-4-6-19(7-5-18)22-11-2-3-12-22/h2-7,11-12,17H,8-10,13-16H2,1H3. The number of rotatable bonds is 6. The van der Waals surface area contributed by atoms with Gasteiger partial charge in [0.25, 0.3) is 0 Å². The van der Waals surface area contributed by atoms with Crippen molar-refractivity contribution in [2.75, 3.05) is 26.8 Å². The van der Waals surface area contributed by atoms with Crippen LogP contribution in [-0.2, 0) is 16.0 Å². The number of hydrogen-bond donors (Lipinski definition) is 0. The Hall–Kier alpha value is -2.07. The summed E-state index contributed by atoms with van der Waals surface area (Å²) in [6, 6.07) is 12.2. The zero-order valence-electron chi connectivity index (χ0n) is 14.4. The van der Waals surface area contributed by atoms with Gasteiger partial charge in [-0.2, -0.15) is 0 Å². The van der Waals surface area contributed by atoms with E-state index in [0.717, 1.165) is 50.3 Å². The molecule has 0 spiro atoms. The van der Waals surface area contributed by atoms with Gasteiger partial charge in [0.15, 0.2) is 0 Å². The van der Waals surface area contributed by atoms with Crippen molar-refractivity contribution in [1.82, 2.24) is 9.47 Å². The lowest BCUT2D eigenvalue weighted by molar-refractivity contribution is -0.129. The van der Waals surface area contributed by atoms with Crippen molar-refractivity contribution in [2.24, 2.45) is 5.92 Å². The number of ether oxygens (including phenoxy) is 1. The Labute approximate surface area is 144 Å². The summed E-state index contributed by atoms with van der Waals surface area (Å²) in [7, 11) is 1.91. The van der Waals surface area contributed by atoms with Gasteiger partial charge in [-0.25, -0.2) is 0 Å². The highest BCUT2D eigenvalue weighted by molar-refractivity contribution is 5.78. The van der Waals surface area contributed by atoms with Gasteiger partial charge in [-0.3, -0.25) is 4.79 Å². The SMILES string of the molecule is CN(CCC1CCOCC1)C(=O)Cc1ccc(-n2cccc2)cc1. The third-order valence-electron chi connectivity index (χ3n) is 4.83. The number of amides is 1. The molecule has 0 bridgehead atoms. The molecule has 4 heteroatoms. The Morgan fingerprint density at radius 2 is 1.83 bits per heavy atom. The molecule has 3 rings (SSSR count). The van der Waals surface area contributed by atoms with Crippen molar-refractivity contribution < 1.29 is 9.53 Å². The van der Waals surface area contributed by atoms with Crippen LogP contribution >= 0.6 is 0 Å². The van der Waals surface area contributed by atoms with E-state index < -0.39 is 0 Å². The van der Waals surface area contributed by atoms with Gasteiger partial charge in [-0.05, 0) is 55.0 Å². The fourth-order valence-corrected chi connectivity index (χ4v) is 3.14. The number of hydrogen-bond acceptors (Lipinski definition) is 2. The van der Waals surface area contributed by atoms with E-state index in [9.17, 15) is 4.79 Å². The highest BCUT2D eigenvalue weighted by Gasteiger charge is 2.16. The van der Waals surface area contributed by atoms with E-state index in [1.165, 1.54) is 0 Å². The van der Waals surface area contributed by atoms with Crippen LogP contribution in [0.4, 0.5) is 0 Å². The quantitative estimate of drug-likeness (QED) is 0.816. The van der Waals surface area contributed by atoms with Gasteiger partial charge in [0.05, 0.1) is 6.42 Å². The Morgan fingerprint density at radius 3 is 2.50 bits per heavy atom. The molecule has 4 nitrogen and oxygen atoms in total. The van der Waals surface area contributed by atoms with Crippen LogP contribution in [-0.4, -0.2) is 42.2 Å². The smallest absolute Gasteiger partial charge is 0.226 e. The average Bonchev–Trinajstić information content (AvgIpc) is 3.16. The average molecular weight is 326 g/mol. The van der Waals surface area contributed by atoms with E-state index in [2.05, 4.69) is 16.7 Å². The third-order valence-corrected chi connectivity index (χ3v) is 4.83. The molecule has 1 aliphatic heterocycles. The molecule has 1 aromatic carbocycles. The Bertz CT molecular complexity index is 628. The summed E-state index contributed by atoms with van der Waals surface area (Å²) in [4.78, 5) is 14.3. The maximum absolute atomic E-state index is 12.4. The first-order chi connectivity index (χ1) is 11.7. The summed E-state index contributed by atoms with van der Waals surface area (Å²) >= 11 is 0.